The molecule has 94 valence electrons. The molecular formula is C13H21N3O. The first kappa shape index (κ1) is 13.5. The molecule has 0 radical (unpaired) electrons. The molecule has 0 heterocycles. The van der Waals surface area contributed by atoms with Gasteiger partial charge in [0.1, 0.15) is 5.84 Å². The zero-order valence-corrected chi connectivity index (χ0v) is 10.5. The van der Waals surface area contributed by atoms with Crippen LogP contribution in [0.3, 0.4) is 0 Å². The van der Waals surface area contributed by atoms with Gasteiger partial charge < -0.3 is 16.3 Å². The maximum absolute atomic E-state index is 8.51. The summed E-state index contributed by atoms with van der Waals surface area (Å²) in [6.45, 7) is 5.64. The number of rotatable bonds is 6. The predicted octanol–water partition coefficient (Wildman–Crippen LogP) is 1.51. The van der Waals surface area contributed by atoms with Gasteiger partial charge in [-0.05, 0) is 25.5 Å². The number of oxime groups is 1. The summed E-state index contributed by atoms with van der Waals surface area (Å²) >= 11 is 0. The van der Waals surface area contributed by atoms with E-state index in [1.54, 1.807) is 0 Å². The molecule has 0 aromatic heterocycles. The molecule has 4 nitrogen and oxygen atoms in total. The van der Waals surface area contributed by atoms with Gasteiger partial charge in [-0.15, -0.1) is 0 Å². The molecule has 17 heavy (non-hydrogen) atoms. The Kier molecular flexibility index (Phi) is 5.49. The van der Waals surface area contributed by atoms with Crippen molar-refractivity contribution in [1.29, 1.82) is 0 Å². The smallest absolute Gasteiger partial charge is 0.143 e. The summed E-state index contributed by atoms with van der Waals surface area (Å²) in [6.07, 6.45) is 0.991. The van der Waals surface area contributed by atoms with Crippen LogP contribution in [0.4, 0.5) is 0 Å². The standard InChI is InChI=1S/C13H21N3O/c1-10-4-3-5-12(8-10)6-7-15-9-11(2)13(14)16-17/h3-5,8,11,15,17H,6-7,9H2,1-2H3,(H2,14,16). The van der Waals surface area contributed by atoms with E-state index in [4.69, 9.17) is 10.9 Å². The van der Waals surface area contributed by atoms with Crippen LogP contribution in [-0.4, -0.2) is 24.1 Å². The van der Waals surface area contributed by atoms with Crippen LogP contribution in [0, 0.1) is 12.8 Å². The van der Waals surface area contributed by atoms with Crippen LogP contribution in [0.1, 0.15) is 18.1 Å². The molecule has 1 aromatic rings. The molecule has 1 aromatic carbocycles. The molecule has 1 unspecified atom stereocenters. The highest BCUT2D eigenvalue weighted by Crippen LogP contribution is 2.04. The summed E-state index contributed by atoms with van der Waals surface area (Å²) in [5.74, 6) is 0.325. The molecule has 1 atom stereocenters. The van der Waals surface area contributed by atoms with E-state index in [1.807, 2.05) is 6.92 Å². The summed E-state index contributed by atoms with van der Waals surface area (Å²) in [6, 6.07) is 8.48. The third kappa shape index (κ3) is 4.87. The first-order valence-electron chi connectivity index (χ1n) is 5.87. The van der Waals surface area contributed by atoms with Gasteiger partial charge in [0.05, 0.1) is 0 Å². The summed E-state index contributed by atoms with van der Waals surface area (Å²) in [4.78, 5) is 0. The van der Waals surface area contributed by atoms with E-state index in [2.05, 4.69) is 41.7 Å². The number of nitrogens with two attached hydrogens (primary N) is 1. The van der Waals surface area contributed by atoms with E-state index in [0.29, 0.717) is 0 Å². The first-order valence-corrected chi connectivity index (χ1v) is 5.87. The van der Waals surface area contributed by atoms with Crippen LogP contribution in [0.2, 0.25) is 0 Å². The van der Waals surface area contributed by atoms with Crippen molar-refractivity contribution in [2.24, 2.45) is 16.8 Å². The molecule has 0 aliphatic heterocycles. The molecule has 0 saturated carbocycles. The normalized spacial score (nSPS) is 13.6. The molecule has 4 N–H and O–H groups in total. The molecular weight excluding hydrogens is 214 g/mol. The van der Waals surface area contributed by atoms with Gasteiger partial charge in [0, 0.05) is 12.5 Å². The topological polar surface area (TPSA) is 70.6 Å². The van der Waals surface area contributed by atoms with E-state index < -0.39 is 0 Å². The molecule has 0 spiro atoms. The summed E-state index contributed by atoms with van der Waals surface area (Å²) in [7, 11) is 0. The maximum atomic E-state index is 8.51. The van der Waals surface area contributed by atoms with Crippen molar-refractivity contribution >= 4 is 5.84 Å². The molecule has 0 fully saturated rings. The van der Waals surface area contributed by atoms with E-state index >= 15 is 0 Å². The number of hydrogen-bond acceptors (Lipinski definition) is 3. The van der Waals surface area contributed by atoms with Gasteiger partial charge in [-0.1, -0.05) is 41.9 Å². The predicted molar refractivity (Wildman–Crippen MR) is 70.3 cm³/mol. The van der Waals surface area contributed by atoms with Crippen molar-refractivity contribution in [1.82, 2.24) is 5.32 Å². The fourth-order valence-corrected chi connectivity index (χ4v) is 1.62. The van der Waals surface area contributed by atoms with Gasteiger partial charge in [-0.2, -0.15) is 0 Å². The average molecular weight is 235 g/mol. The minimum Gasteiger partial charge on any atom is -0.409 e. The Balaban J connectivity index is 2.25. The zero-order chi connectivity index (χ0) is 12.7. The quantitative estimate of drug-likeness (QED) is 0.230. The Labute approximate surface area is 103 Å². The minimum absolute atomic E-state index is 0.0532. The Morgan fingerprint density at radius 1 is 1.53 bits per heavy atom. The van der Waals surface area contributed by atoms with Gasteiger partial charge in [0.15, 0.2) is 0 Å². The van der Waals surface area contributed by atoms with Crippen molar-refractivity contribution in [3.8, 4) is 0 Å². The lowest BCUT2D eigenvalue weighted by Gasteiger charge is -2.11. The molecule has 0 aliphatic carbocycles. The van der Waals surface area contributed by atoms with Crippen LogP contribution in [0.5, 0.6) is 0 Å². The van der Waals surface area contributed by atoms with Crippen molar-refractivity contribution in [2.45, 2.75) is 20.3 Å². The van der Waals surface area contributed by atoms with E-state index in [-0.39, 0.29) is 11.8 Å². The number of nitrogens with one attached hydrogen (secondary N) is 1. The number of benzene rings is 1. The van der Waals surface area contributed by atoms with Crippen LogP contribution in [0.25, 0.3) is 0 Å². The van der Waals surface area contributed by atoms with Gasteiger partial charge in [0.25, 0.3) is 0 Å². The van der Waals surface area contributed by atoms with Gasteiger partial charge >= 0.3 is 0 Å². The highest BCUT2D eigenvalue weighted by Gasteiger charge is 2.06. The monoisotopic (exact) mass is 235 g/mol. The van der Waals surface area contributed by atoms with Crippen molar-refractivity contribution in [3.63, 3.8) is 0 Å². The molecule has 0 saturated heterocycles. The molecule has 0 aliphatic rings. The van der Waals surface area contributed by atoms with Crippen molar-refractivity contribution < 1.29 is 5.21 Å². The van der Waals surface area contributed by atoms with Crippen LogP contribution in [0.15, 0.2) is 29.4 Å². The fourth-order valence-electron chi connectivity index (χ4n) is 1.62. The second-order valence-electron chi connectivity index (χ2n) is 4.37. The molecule has 1 rings (SSSR count). The molecule has 0 bridgehead atoms. The van der Waals surface area contributed by atoms with Crippen molar-refractivity contribution in [2.75, 3.05) is 13.1 Å². The SMILES string of the molecule is Cc1cccc(CCNCC(C)C(N)=NO)c1. The van der Waals surface area contributed by atoms with Crippen LogP contribution >= 0.6 is 0 Å². The lowest BCUT2D eigenvalue weighted by Crippen LogP contribution is -2.32. The Morgan fingerprint density at radius 3 is 2.94 bits per heavy atom. The zero-order valence-electron chi connectivity index (χ0n) is 10.5. The lowest BCUT2D eigenvalue weighted by molar-refractivity contribution is 0.314. The molecule has 4 heteroatoms. The number of nitrogens with zero attached hydrogens (tertiary/aromatic N) is 1. The first-order chi connectivity index (χ1) is 8.13. The summed E-state index contributed by atoms with van der Waals surface area (Å²) in [5, 5.41) is 14.8. The van der Waals surface area contributed by atoms with Crippen molar-refractivity contribution in [3.05, 3.63) is 35.4 Å². The van der Waals surface area contributed by atoms with E-state index in [1.165, 1.54) is 11.1 Å². The third-order valence-corrected chi connectivity index (χ3v) is 2.74. The Bertz CT molecular complexity index is 377. The highest BCUT2D eigenvalue weighted by atomic mass is 16.4. The van der Waals surface area contributed by atoms with Crippen LogP contribution < -0.4 is 11.1 Å². The minimum atomic E-state index is 0.0532. The summed E-state index contributed by atoms with van der Waals surface area (Å²) in [5.41, 5.74) is 8.10. The largest absolute Gasteiger partial charge is 0.409 e. The van der Waals surface area contributed by atoms with Gasteiger partial charge in [-0.3, -0.25) is 0 Å². The second kappa shape index (κ2) is 6.91. The Hall–Kier alpha value is -1.55. The van der Waals surface area contributed by atoms with Gasteiger partial charge in [-0.25, -0.2) is 0 Å². The highest BCUT2D eigenvalue weighted by molar-refractivity contribution is 5.82. The maximum Gasteiger partial charge on any atom is 0.143 e. The number of amidine groups is 1. The third-order valence-electron chi connectivity index (χ3n) is 2.74. The fraction of sp³-hybridized carbons (Fsp3) is 0.462. The van der Waals surface area contributed by atoms with E-state index in [0.717, 1.165) is 19.5 Å². The summed E-state index contributed by atoms with van der Waals surface area (Å²) < 4.78 is 0. The second-order valence-corrected chi connectivity index (χ2v) is 4.37. The van der Waals surface area contributed by atoms with Gasteiger partial charge in [0.2, 0.25) is 0 Å². The van der Waals surface area contributed by atoms with Crippen LogP contribution in [-0.2, 0) is 6.42 Å². The number of aryl methyl sites for hydroxylation is 1. The lowest BCUT2D eigenvalue weighted by atomic mass is 10.1. The average Bonchev–Trinajstić information content (AvgIpc) is 2.33. The molecule has 0 amide bonds. The number of hydrogen-bond donors (Lipinski definition) is 3. The Morgan fingerprint density at radius 2 is 2.29 bits per heavy atom. The van der Waals surface area contributed by atoms with E-state index in [9.17, 15) is 0 Å².